The van der Waals surface area contributed by atoms with Crippen LogP contribution < -0.4 is 10.0 Å². The van der Waals surface area contributed by atoms with E-state index in [1.165, 1.54) is 21.6 Å². The van der Waals surface area contributed by atoms with Gasteiger partial charge in [-0.2, -0.15) is 0 Å². The number of benzene rings is 3. The lowest BCUT2D eigenvalue weighted by Gasteiger charge is -2.43. The van der Waals surface area contributed by atoms with Gasteiger partial charge in [-0.25, -0.2) is 8.93 Å². The molecule has 0 aliphatic heterocycles. The van der Waals surface area contributed by atoms with Crippen LogP contribution in [-0.4, -0.2) is 19.3 Å². The Bertz CT molecular complexity index is 1120. The summed E-state index contributed by atoms with van der Waals surface area (Å²) in [5.74, 6) is 0. The van der Waals surface area contributed by atoms with Crippen molar-refractivity contribution in [3.8, 4) is 0 Å². The predicted octanol–water partition coefficient (Wildman–Crippen LogP) is 7.69. The second kappa shape index (κ2) is 9.61. The number of fused-ring (bicyclic) bond motifs is 1. The van der Waals surface area contributed by atoms with Crippen LogP contribution in [0.15, 0.2) is 66.7 Å². The summed E-state index contributed by atoms with van der Waals surface area (Å²) in [6.07, 6.45) is 0. The van der Waals surface area contributed by atoms with Crippen molar-refractivity contribution in [1.82, 2.24) is 4.72 Å². The van der Waals surface area contributed by atoms with Gasteiger partial charge in [0.2, 0.25) is 0 Å². The van der Waals surface area contributed by atoms with E-state index < -0.39 is 18.9 Å². The Kier molecular flexibility index (Phi) is 7.59. The molecule has 0 aliphatic carbocycles. The normalized spacial score (nSPS) is 15.1. The van der Waals surface area contributed by atoms with Crippen LogP contribution in [0.4, 0.5) is 0 Å². The Hall–Kier alpha value is -1.54. The van der Waals surface area contributed by atoms with Crippen molar-refractivity contribution in [3.05, 3.63) is 77.9 Å². The van der Waals surface area contributed by atoms with E-state index in [1.54, 1.807) is 0 Å². The van der Waals surface area contributed by atoms with Gasteiger partial charge in [0.25, 0.3) is 0 Å². The zero-order valence-electron chi connectivity index (χ0n) is 21.7. The molecule has 0 radical (unpaired) electrons. The van der Waals surface area contributed by atoms with Gasteiger partial charge in [0.05, 0.1) is 21.8 Å². The molecule has 3 rings (SSSR count). The third-order valence-corrected chi connectivity index (χ3v) is 10.9. The molecule has 0 fully saturated rings. The van der Waals surface area contributed by atoms with Gasteiger partial charge in [-0.1, -0.05) is 110 Å². The van der Waals surface area contributed by atoms with Crippen molar-refractivity contribution < 1.29 is 4.21 Å². The number of rotatable bonds is 5. The Morgan fingerprint density at radius 3 is 1.85 bits per heavy atom. The molecule has 33 heavy (non-hydrogen) atoms. The van der Waals surface area contributed by atoms with Crippen molar-refractivity contribution in [1.29, 1.82) is 0 Å². The summed E-state index contributed by atoms with van der Waals surface area (Å²) in [6, 6.07) is 23.7. The van der Waals surface area contributed by atoms with Gasteiger partial charge in [-0.05, 0) is 64.4 Å². The molecule has 4 heteroatoms. The van der Waals surface area contributed by atoms with Gasteiger partial charge < -0.3 is 0 Å². The third kappa shape index (κ3) is 6.13. The SMILES string of the molecule is CC(C)(C)P(c1ccccc1[C@H](NS(=O)C(C)(C)C)c1ccc2ccccc2c1)C(C)(C)C. The summed E-state index contributed by atoms with van der Waals surface area (Å²) in [4.78, 5) is 0. The number of hydrogen-bond acceptors (Lipinski definition) is 1. The number of hydrogen-bond donors (Lipinski definition) is 1. The highest BCUT2D eigenvalue weighted by Gasteiger charge is 2.38. The van der Waals surface area contributed by atoms with E-state index in [1.807, 2.05) is 20.8 Å². The average molecular weight is 482 g/mol. The molecule has 3 aromatic carbocycles. The standard InChI is InChI=1S/C29H40NOPS/c1-27(2,3)32(28(4,5)6)25-17-13-12-16-24(25)26(30-33(31)29(7,8)9)23-19-18-21-14-10-11-15-22(21)20-23/h10-20,26,30H,1-9H3/t26-,33?/m1/s1. The minimum atomic E-state index is -1.21. The van der Waals surface area contributed by atoms with Gasteiger partial charge in [0, 0.05) is 0 Å². The van der Waals surface area contributed by atoms with Gasteiger partial charge in [-0.3, -0.25) is 0 Å². The summed E-state index contributed by atoms with van der Waals surface area (Å²) in [7, 11) is -1.72. The molecule has 0 aliphatic rings. The smallest absolute Gasteiger partial charge is 0.0979 e. The predicted molar refractivity (Wildman–Crippen MR) is 149 cm³/mol. The molecule has 0 saturated heterocycles. The molecule has 1 unspecified atom stereocenters. The first-order chi connectivity index (χ1) is 15.2. The molecule has 0 saturated carbocycles. The third-order valence-electron chi connectivity index (χ3n) is 5.72. The van der Waals surface area contributed by atoms with E-state index in [0.29, 0.717) is 0 Å². The Morgan fingerprint density at radius 2 is 1.27 bits per heavy atom. The van der Waals surface area contributed by atoms with Gasteiger partial charge in [0.15, 0.2) is 0 Å². The maximum atomic E-state index is 13.4. The maximum absolute atomic E-state index is 13.4. The van der Waals surface area contributed by atoms with Gasteiger partial charge >= 0.3 is 0 Å². The van der Waals surface area contributed by atoms with E-state index in [4.69, 9.17) is 0 Å². The summed E-state index contributed by atoms with van der Waals surface area (Å²) >= 11 is 0. The Balaban J connectivity index is 2.24. The lowest BCUT2D eigenvalue weighted by Crippen LogP contribution is -2.39. The fourth-order valence-electron chi connectivity index (χ4n) is 4.65. The molecular formula is C29H40NOPS. The van der Waals surface area contributed by atoms with Gasteiger partial charge in [0.1, 0.15) is 0 Å². The van der Waals surface area contributed by atoms with Crippen molar-refractivity contribution >= 4 is 35.0 Å². The van der Waals surface area contributed by atoms with Crippen LogP contribution in [-0.2, 0) is 11.0 Å². The summed E-state index contributed by atoms with van der Waals surface area (Å²) < 4.78 is 16.5. The monoisotopic (exact) mass is 481 g/mol. The molecule has 0 bridgehead atoms. The lowest BCUT2D eigenvalue weighted by molar-refractivity contribution is 0.624. The van der Waals surface area contributed by atoms with Crippen LogP contribution in [0.25, 0.3) is 10.8 Å². The first-order valence-electron chi connectivity index (χ1n) is 11.8. The highest BCUT2D eigenvalue weighted by molar-refractivity contribution is 7.84. The Labute approximate surface area is 204 Å². The lowest BCUT2D eigenvalue weighted by atomic mass is 9.97. The summed E-state index contributed by atoms with van der Waals surface area (Å²) in [5.41, 5.74) is 2.39. The van der Waals surface area contributed by atoms with Crippen LogP contribution in [0, 0.1) is 0 Å². The van der Waals surface area contributed by atoms with Crippen LogP contribution in [0.3, 0.4) is 0 Å². The number of nitrogens with one attached hydrogen (secondary N) is 1. The minimum Gasteiger partial charge on any atom is -0.242 e. The van der Waals surface area contributed by atoms with Crippen LogP contribution in [0.5, 0.6) is 0 Å². The molecule has 1 N–H and O–H groups in total. The average Bonchev–Trinajstić information content (AvgIpc) is 2.69. The first kappa shape index (κ1) is 26.1. The zero-order chi connectivity index (χ0) is 24.6. The summed E-state index contributed by atoms with van der Waals surface area (Å²) in [6.45, 7) is 20.2. The molecule has 3 aromatic rings. The van der Waals surface area contributed by atoms with E-state index in [9.17, 15) is 4.21 Å². The van der Waals surface area contributed by atoms with Crippen molar-refractivity contribution in [3.63, 3.8) is 0 Å². The van der Waals surface area contributed by atoms with E-state index >= 15 is 0 Å². The first-order valence-corrected chi connectivity index (χ1v) is 14.2. The molecule has 0 amide bonds. The van der Waals surface area contributed by atoms with Crippen LogP contribution >= 0.6 is 7.92 Å². The van der Waals surface area contributed by atoms with Crippen LogP contribution in [0.2, 0.25) is 0 Å². The summed E-state index contributed by atoms with van der Waals surface area (Å²) in [5, 5.41) is 4.09. The fraction of sp³-hybridized carbons (Fsp3) is 0.448. The maximum Gasteiger partial charge on any atom is 0.0979 e. The van der Waals surface area contributed by atoms with E-state index in [2.05, 4.69) is 113 Å². The van der Waals surface area contributed by atoms with Crippen molar-refractivity contribution in [2.24, 2.45) is 0 Å². The van der Waals surface area contributed by atoms with Crippen molar-refractivity contribution in [2.45, 2.75) is 83.4 Å². The fourth-order valence-corrected chi connectivity index (χ4v) is 9.63. The van der Waals surface area contributed by atoms with Crippen LogP contribution in [0.1, 0.15) is 79.5 Å². The largest absolute Gasteiger partial charge is 0.242 e. The minimum absolute atomic E-state index is 0.140. The second-order valence-corrected chi connectivity index (χ2v) is 17.6. The Morgan fingerprint density at radius 1 is 0.727 bits per heavy atom. The molecule has 0 heterocycles. The van der Waals surface area contributed by atoms with E-state index in [-0.39, 0.29) is 21.1 Å². The molecule has 178 valence electrons. The quantitative estimate of drug-likeness (QED) is 0.372. The highest BCUT2D eigenvalue weighted by Crippen LogP contribution is 2.59. The van der Waals surface area contributed by atoms with Crippen molar-refractivity contribution in [2.75, 3.05) is 0 Å². The molecule has 2 atom stereocenters. The molecule has 2 nitrogen and oxygen atoms in total. The zero-order valence-corrected chi connectivity index (χ0v) is 23.4. The van der Waals surface area contributed by atoms with Gasteiger partial charge in [-0.15, -0.1) is 0 Å². The molecule has 0 aromatic heterocycles. The molecular weight excluding hydrogens is 441 g/mol. The molecule has 0 spiro atoms. The highest BCUT2D eigenvalue weighted by atomic mass is 32.2. The second-order valence-electron chi connectivity index (χ2n) is 11.8. The van der Waals surface area contributed by atoms with E-state index in [0.717, 1.165) is 5.56 Å². The topological polar surface area (TPSA) is 29.1 Å².